The van der Waals surface area contributed by atoms with Gasteiger partial charge in [-0.05, 0) is 12.8 Å². The van der Waals surface area contributed by atoms with Crippen molar-refractivity contribution < 1.29 is 0 Å². The first-order valence-electron chi connectivity index (χ1n) is 4.93. The molecule has 1 atom stereocenters. The molecule has 1 radical (unpaired) electrons. The minimum atomic E-state index is -0.109. The first kappa shape index (κ1) is 9.66. The fourth-order valence-electron chi connectivity index (χ4n) is 1.48. The predicted octanol–water partition coefficient (Wildman–Crippen LogP) is 1.83. The maximum absolute atomic E-state index is 7.22. The summed E-state index contributed by atoms with van der Waals surface area (Å²) in [7, 11) is 0. The number of H-pyrrole nitrogens is 1. The van der Waals surface area contributed by atoms with Crippen LogP contribution in [-0.4, -0.2) is 19.9 Å². The molecule has 2 heterocycles. The van der Waals surface area contributed by atoms with E-state index < -0.39 is 0 Å². The van der Waals surface area contributed by atoms with Gasteiger partial charge in [-0.2, -0.15) is 0 Å². The first-order valence-corrected chi connectivity index (χ1v) is 4.93. The van der Waals surface area contributed by atoms with Crippen LogP contribution in [0, 0.1) is 12.3 Å². The standard InChI is InChI=1S/C11H11N4/c1-3-5-8(4-2)10-12-6-9-11(15-10)14-7-13-9/h6-8H,3,5H2,1H3,(H,12,13,14,15). The van der Waals surface area contributed by atoms with Gasteiger partial charge >= 0.3 is 0 Å². The Bertz CT molecular complexity index is 495. The van der Waals surface area contributed by atoms with Gasteiger partial charge in [0.05, 0.1) is 18.4 Å². The molecule has 0 spiro atoms. The topological polar surface area (TPSA) is 54.5 Å². The lowest BCUT2D eigenvalue weighted by Gasteiger charge is -2.06. The molecule has 0 fully saturated rings. The number of rotatable bonds is 3. The van der Waals surface area contributed by atoms with Crippen LogP contribution in [0.25, 0.3) is 11.2 Å². The lowest BCUT2D eigenvalue weighted by atomic mass is 10.0. The predicted molar refractivity (Wildman–Crippen MR) is 56.5 cm³/mol. The summed E-state index contributed by atoms with van der Waals surface area (Å²) in [5.41, 5.74) is 1.47. The number of nitrogens with one attached hydrogen (secondary N) is 1. The molecule has 0 aromatic carbocycles. The Balaban J connectivity index is 2.38. The fraction of sp³-hybridized carbons (Fsp3) is 0.364. The SMILES string of the molecule is [C]#CC(CCC)c1ncc2nc[nH]c2n1. The highest BCUT2D eigenvalue weighted by atomic mass is 15.0. The van der Waals surface area contributed by atoms with E-state index in [0.717, 1.165) is 24.0 Å². The molecular formula is C11H11N4. The number of hydrogen-bond acceptors (Lipinski definition) is 3. The summed E-state index contributed by atoms with van der Waals surface area (Å²) in [4.78, 5) is 15.5. The highest BCUT2D eigenvalue weighted by Gasteiger charge is 2.11. The van der Waals surface area contributed by atoms with E-state index in [1.165, 1.54) is 0 Å². The van der Waals surface area contributed by atoms with Crippen molar-refractivity contribution in [1.82, 2.24) is 19.9 Å². The third-order valence-electron chi connectivity index (χ3n) is 2.26. The summed E-state index contributed by atoms with van der Waals surface area (Å²) in [5, 5.41) is 0. The molecule has 4 heteroatoms. The minimum Gasteiger partial charge on any atom is -0.329 e. The maximum Gasteiger partial charge on any atom is 0.160 e. The Kier molecular flexibility index (Phi) is 2.64. The number of fused-ring (bicyclic) bond motifs is 1. The summed E-state index contributed by atoms with van der Waals surface area (Å²) in [5.74, 6) is 3.00. The largest absolute Gasteiger partial charge is 0.329 e. The molecule has 1 N–H and O–H groups in total. The van der Waals surface area contributed by atoms with Crippen LogP contribution in [0.15, 0.2) is 12.5 Å². The van der Waals surface area contributed by atoms with Crippen LogP contribution in [-0.2, 0) is 0 Å². The van der Waals surface area contributed by atoms with Gasteiger partial charge in [0.2, 0.25) is 0 Å². The van der Waals surface area contributed by atoms with Gasteiger partial charge in [-0.15, -0.1) is 0 Å². The molecule has 0 bridgehead atoms. The van der Waals surface area contributed by atoms with Crippen LogP contribution >= 0.6 is 0 Å². The number of aromatic nitrogens is 4. The van der Waals surface area contributed by atoms with Crippen molar-refractivity contribution >= 4 is 11.2 Å². The third-order valence-corrected chi connectivity index (χ3v) is 2.26. The second kappa shape index (κ2) is 4.09. The minimum absolute atomic E-state index is 0.109. The molecule has 4 nitrogen and oxygen atoms in total. The van der Waals surface area contributed by atoms with Crippen molar-refractivity contribution in [3.05, 3.63) is 24.8 Å². The van der Waals surface area contributed by atoms with Crippen molar-refractivity contribution in [2.75, 3.05) is 0 Å². The maximum atomic E-state index is 7.22. The molecule has 0 saturated carbocycles. The zero-order chi connectivity index (χ0) is 10.7. The number of aromatic amines is 1. The van der Waals surface area contributed by atoms with Crippen molar-refractivity contribution in [3.63, 3.8) is 0 Å². The molecule has 0 saturated heterocycles. The number of nitrogens with zero attached hydrogens (tertiary/aromatic N) is 3. The normalized spacial score (nSPS) is 12.5. The van der Waals surface area contributed by atoms with Crippen LogP contribution in [0.2, 0.25) is 0 Å². The van der Waals surface area contributed by atoms with E-state index in [9.17, 15) is 0 Å². The summed E-state index contributed by atoms with van der Waals surface area (Å²) in [6, 6.07) is 0. The van der Waals surface area contributed by atoms with Gasteiger partial charge in [0.25, 0.3) is 0 Å². The van der Waals surface area contributed by atoms with Crippen molar-refractivity contribution in [1.29, 1.82) is 0 Å². The quantitative estimate of drug-likeness (QED) is 0.767. The second-order valence-electron chi connectivity index (χ2n) is 3.35. The number of hydrogen-bond donors (Lipinski definition) is 1. The van der Waals surface area contributed by atoms with Gasteiger partial charge in [0.1, 0.15) is 11.3 Å². The highest BCUT2D eigenvalue weighted by Crippen LogP contribution is 2.17. The van der Waals surface area contributed by atoms with Gasteiger partial charge < -0.3 is 4.98 Å². The van der Waals surface area contributed by atoms with Gasteiger partial charge in [-0.1, -0.05) is 19.3 Å². The average molecular weight is 199 g/mol. The van der Waals surface area contributed by atoms with Gasteiger partial charge in [-0.25, -0.2) is 15.0 Å². The van der Waals surface area contributed by atoms with Gasteiger partial charge in [-0.3, -0.25) is 0 Å². The third kappa shape index (κ3) is 1.82. The Hall–Kier alpha value is -1.89. The van der Waals surface area contributed by atoms with Gasteiger partial charge in [0.15, 0.2) is 5.65 Å². The van der Waals surface area contributed by atoms with Crippen LogP contribution in [0.4, 0.5) is 0 Å². The first-order chi connectivity index (χ1) is 7.35. The lowest BCUT2D eigenvalue weighted by Crippen LogP contribution is -2.02. The summed E-state index contributed by atoms with van der Waals surface area (Å²) < 4.78 is 0. The molecule has 0 aliphatic carbocycles. The van der Waals surface area contributed by atoms with E-state index >= 15 is 0 Å². The van der Waals surface area contributed by atoms with E-state index in [4.69, 9.17) is 6.42 Å². The molecule has 0 aliphatic rings. The molecule has 0 aliphatic heterocycles. The van der Waals surface area contributed by atoms with Gasteiger partial charge in [0, 0.05) is 0 Å². The van der Waals surface area contributed by atoms with Crippen molar-refractivity contribution in [2.24, 2.45) is 0 Å². The van der Waals surface area contributed by atoms with Crippen molar-refractivity contribution in [3.8, 4) is 5.92 Å². The monoisotopic (exact) mass is 199 g/mol. The lowest BCUT2D eigenvalue weighted by molar-refractivity contribution is 0.695. The van der Waals surface area contributed by atoms with E-state index in [2.05, 4.69) is 32.8 Å². The number of imidazole rings is 1. The Labute approximate surface area is 88.2 Å². The van der Waals surface area contributed by atoms with Crippen molar-refractivity contribution in [2.45, 2.75) is 25.7 Å². The molecule has 1 unspecified atom stereocenters. The molecular weight excluding hydrogens is 188 g/mol. The zero-order valence-corrected chi connectivity index (χ0v) is 8.49. The summed E-state index contributed by atoms with van der Waals surface area (Å²) >= 11 is 0. The molecule has 75 valence electrons. The van der Waals surface area contributed by atoms with E-state index in [1.807, 2.05) is 0 Å². The molecule has 15 heavy (non-hydrogen) atoms. The van der Waals surface area contributed by atoms with Crippen LogP contribution in [0.3, 0.4) is 0 Å². The van der Waals surface area contributed by atoms with Crippen LogP contribution in [0.1, 0.15) is 31.5 Å². The Morgan fingerprint density at radius 1 is 1.53 bits per heavy atom. The molecule has 2 rings (SSSR count). The molecule has 2 aromatic heterocycles. The Morgan fingerprint density at radius 3 is 3.13 bits per heavy atom. The average Bonchev–Trinajstić information content (AvgIpc) is 2.72. The van der Waals surface area contributed by atoms with Crippen LogP contribution in [0.5, 0.6) is 0 Å². The zero-order valence-electron chi connectivity index (χ0n) is 8.49. The molecule has 0 amide bonds. The summed E-state index contributed by atoms with van der Waals surface area (Å²) in [6.07, 6.45) is 12.3. The van der Waals surface area contributed by atoms with E-state index in [1.54, 1.807) is 12.5 Å². The fourth-order valence-corrected chi connectivity index (χ4v) is 1.48. The van der Waals surface area contributed by atoms with E-state index in [0.29, 0.717) is 5.82 Å². The summed E-state index contributed by atoms with van der Waals surface area (Å²) in [6.45, 7) is 2.07. The highest BCUT2D eigenvalue weighted by molar-refractivity contribution is 5.68. The second-order valence-corrected chi connectivity index (χ2v) is 3.35. The smallest absolute Gasteiger partial charge is 0.160 e. The van der Waals surface area contributed by atoms with E-state index in [-0.39, 0.29) is 5.92 Å². The molecule has 2 aromatic rings. The Morgan fingerprint density at radius 2 is 2.40 bits per heavy atom. The van der Waals surface area contributed by atoms with Crippen LogP contribution < -0.4 is 0 Å².